The van der Waals surface area contributed by atoms with E-state index in [-0.39, 0.29) is 10.8 Å². The highest BCUT2D eigenvalue weighted by Crippen LogP contribution is 2.26. The molecule has 0 aromatic heterocycles. The van der Waals surface area contributed by atoms with Crippen molar-refractivity contribution < 1.29 is 13.2 Å². The minimum atomic E-state index is -3.86. The van der Waals surface area contributed by atoms with Crippen LogP contribution >= 0.6 is 15.9 Å². The van der Waals surface area contributed by atoms with Gasteiger partial charge in [-0.05, 0) is 47.5 Å². The lowest BCUT2D eigenvalue weighted by Gasteiger charge is -2.16. The molecule has 0 heterocycles. The summed E-state index contributed by atoms with van der Waals surface area (Å²) >= 11 is 3.17. The minimum Gasteiger partial charge on any atom is -0.342 e. The fourth-order valence-electron chi connectivity index (χ4n) is 1.43. The zero-order valence-corrected chi connectivity index (χ0v) is 12.8. The van der Waals surface area contributed by atoms with Gasteiger partial charge in [0.25, 0.3) is 5.91 Å². The lowest BCUT2D eigenvalue weighted by Crippen LogP contribution is -2.26. The Morgan fingerprint density at radius 3 is 2.44 bits per heavy atom. The van der Waals surface area contributed by atoms with Crippen LogP contribution in [0, 0.1) is 6.92 Å². The van der Waals surface area contributed by atoms with Gasteiger partial charge in [0.1, 0.15) is 0 Å². The Morgan fingerprint density at radius 2 is 2.00 bits per heavy atom. The van der Waals surface area contributed by atoms with E-state index in [1.807, 2.05) is 6.92 Å². The molecule has 0 unspecified atom stereocenters. The molecule has 1 rings (SSSR count). The lowest BCUT2D eigenvalue weighted by molar-refractivity contribution is 0.0802. The van der Waals surface area contributed by atoms with E-state index in [0.717, 1.165) is 0 Å². The van der Waals surface area contributed by atoms with Crippen LogP contribution in [0.2, 0.25) is 0 Å². The summed E-state index contributed by atoms with van der Waals surface area (Å²) in [4.78, 5) is 13.4. The Bertz CT molecular complexity index is 584. The summed E-state index contributed by atoms with van der Waals surface area (Å²) in [5.41, 5.74) is 0.957. The number of halogens is 1. The number of rotatable bonds is 3. The first-order valence-corrected chi connectivity index (χ1v) is 7.60. The van der Waals surface area contributed by atoms with E-state index in [2.05, 4.69) is 15.9 Å². The number of carbonyl (C=O) groups is 1. The van der Waals surface area contributed by atoms with E-state index >= 15 is 0 Å². The Labute approximate surface area is 115 Å². The van der Waals surface area contributed by atoms with Gasteiger partial charge in [0, 0.05) is 23.6 Å². The zero-order chi connectivity index (χ0) is 14.1. The van der Waals surface area contributed by atoms with E-state index in [0.29, 0.717) is 22.1 Å². The molecule has 0 aliphatic heterocycles. The zero-order valence-electron chi connectivity index (χ0n) is 10.4. The largest absolute Gasteiger partial charge is 0.342 e. The SMILES string of the molecule is CCN(C)C(=O)c1cc(C)c(Br)c(S(N)(=O)=O)c1. The first-order chi connectivity index (χ1) is 8.18. The number of nitrogens with zero attached hydrogens (tertiary/aromatic N) is 1. The van der Waals surface area contributed by atoms with Crippen LogP contribution in [-0.2, 0) is 10.0 Å². The van der Waals surface area contributed by atoms with Crippen molar-refractivity contribution in [1.82, 2.24) is 4.90 Å². The molecule has 0 aliphatic rings. The van der Waals surface area contributed by atoms with Gasteiger partial charge in [0.2, 0.25) is 10.0 Å². The van der Waals surface area contributed by atoms with Gasteiger partial charge in [0.05, 0.1) is 4.90 Å². The molecule has 5 nitrogen and oxygen atoms in total. The first-order valence-electron chi connectivity index (χ1n) is 5.27. The lowest BCUT2D eigenvalue weighted by atomic mass is 10.1. The van der Waals surface area contributed by atoms with Gasteiger partial charge in [-0.25, -0.2) is 13.6 Å². The molecule has 0 aliphatic carbocycles. The maximum atomic E-state index is 12.0. The number of benzene rings is 1. The molecule has 0 fully saturated rings. The van der Waals surface area contributed by atoms with Gasteiger partial charge in [-0.2, -0.15) is 0 Å². The average Bonchev–Trinajstić information content (AvgIpc) is 2.28. The average molecular weight is 335 g/mol. The minimum absolute atomic E-state index is 0.0737. The molecule has 0 saturated carbocycles. The van der Waals surface area contributed by atoms with E-state index in [1.54, 1.807) is 20.0 Å². The molecule has 1 amide bonds. The highest BCUT2D eigenvalue weighted by atomic mass is 79.9. The van der Waals surface area contributed by atoms with Gasteiger partial charge < -0.3 is 4.90 Å². The third kappa shape index (κ3) is 3.09. The van der Waals surface area contributed by atoms with Crippen LogP contribution in [0.4, 0.5) is 0 Å². The Hall–Kier alpha value is -0.920. The fraction of sp³-hybridized carbons (Fsp3) is 0.364. The second-order valence-corrected chi connectivity index (χ2v) is 6.29. The monoisotopic (exact) mass is 334 g/mol. The molecular weight excluding hydrogens is 320 g/mol. The topological polar surface area (TPSA) is 80.5 Å². The third-order valence-corrected chi connectivity index (χ3v) is 4.85. The molecule has 0 saturated heterocycles. The molecular formula is C11H15BrN2O3S. The van der Waals surface area contributed by atoms with Crippen molar-refractivity contribution in [3.8, 4) is 0 Å². The van der Waals surface area contributed by atoms with Gasteiger partial charge in [-0.15, -0.1) is 0 Å². The molecule has 0 atom stereocenters. The number of hydrogen-bond acceptors (Lipinski definition) is 3. The van der Waals surface area contributed by atoms with Crippen molar-refractivity contribution in [1.29, 1.82) is 0 Å². The predicted octanol–water partition coefficient (Wildman–Crippen LogP) is 1.50. The van der Waals surface area contributed by atoms with Gasteiger partial charge in [0.15, 0.2) is 0 Å². The van der Waals surface area contributed by atoms with Crippen LogP contribution in [0.15, 0.2) is 21.5 Å². The van der Waals surface area contributed by atoms with Crippen LogP contribution in [0.1, 0.15) is 22.8 Å². The molecule has 0 spiro atoms. The maximum absolute atomic E-state index is 12.0. The third-order valence-electron chi connectivity index (χ3n) is 2.60. The number of sulfonamides is 1. The van der Waals surface area contributed by atoms with Crippen molar-refractivity contribution in [3.05, 3.63) is 27.7 Å². The maximum Gasteiger partial charge on any atom is 0.253 e. The molecule has 1 aromatic rings. The molecule has 18 heavy (non-hydrogen) atoms. The molecule has 0 bridgehead atoms. The number of nitrogens with two attached hydrogens (primary N) is 1. The molecule has 1 aromatic carbocycles. The molecule has 0 radical (unpaired) electrons. The van der Waals surface area contributed by atoms with E-state index < -0.39 is 10.0 Å². The highest BCUT2D eigenvalue weighted by molar-refractivity contribution is 9.10. The number of hydrogen-bond donors (Lipinski definition) is 1. The van der Waals surface area contributed by atoms with E-state index in [9.17, 15) is 13.2 Å². The summed E-state index contributed by atoms with van der Waals surface area (Å²) < 4.78 is 23.3. The van der Waals surface area contributed by atoms with Crippen LogP contribution in [-0.4, -0.2) is 32.8 Å². The quantitative estimate of drug-likeness (QED) is 0.909. The Morgan fingerprint density at radius 1 is 1.44 bits per heavy atom. The van der Waals surface area contributed by atoms with Crippen molar-refractivity contribution in [2.45, 2.75) is 18.7 Å². The summed E-state index contributed by atoms with van der Waals surface area (Å²) in [6.07, 6.45) is 0. The van der Waals surface area contributed by atoms with Gasteiger partial charge in [-0.1, -0.05) is 0 Å². The Balaban J connectivity index is 3.43. The van der Waals surface area contributed by atoms with Crippen LogP contribution in [0.5, 0.6) is 0 Å². The van der Waals surface area contributed by atoms with Gasteiger partial charge >= 0.3 is 0 Å². The van der Waals surface area contributed by atoms with Crippen molar-refractivity contribution in [2.75, 3.05) is 13.6 Å². The van der Waals surface area contributed by atoms with E-state index in [4.69, 9.17) is 5.14 Å². The standard InChI is InChI=1S/C11H15BrN2O3S/c1-4-14(3)11(15)8-5-7(2)10(12)9(6-8)18(13,16)17/h5-6H,4H2,1-3H3,(H2,13,16,17). The van der Waals surface area contributed by atoms with Crippen LogP contribution in [0.3, 0.4) is 0 Å². The highest BCUT2D eigenvalue weighted by Gasteiger charge is 2.19. The number of amides is 1. The van der Waals surface area contributed by atoms with Crippen molar-refractivity contribution in [3.63, 3.8) is 0 Å². The summed E-state index contributed by atoms with van der Waals surface area (Å²) in [6, 6.07) is 2.92. The molecule has 100 valence electrons. The summed E-state index contributed by atoms with van der Waals surface area (Å²) in [5.74, 6) is -0.238. The first kappa shape index (κ1) is 15.1. The predicted molar refractivity (Wildman–Crippen MR) is 72.9 cm³/mol. The molecule has 2 N–H and O–H groups in total. The van der Waals surface area contributed by atoms with Gasteiger partial charge in [-0.3, -0.25) is 4.79 Å². The number of aryl methyl sites for hydroxylation is 1. The summed E-state index contributed by atoms with van der Waals surface area (Å²) in [5, 5.41) is 5.12. The molecule has 7 heteroatoms. The van der Waals surface area contributed by atoms with Crippen LogP contribution < -0.4 is 5.14 Å². The van der Waals surface area contributed by atoms with Crippen molar-refractivity contribution in [2.24, 2.45) is 5.14 Å². The normalized spacial score (nSPS) is 11.4. The number of primary sulfonamides is 1. The second-order valence-electron chi connectivity index (χ2n) is 3.97. The van der Waals surface area contributed by atoms with Crippen LogP contribution in [0.25, 0.3) is 0 Å². The fourth-order valence-corrected chi connectivity index (χ4v) is 3.04. The Kier molecular flexibility index (Phi) is 4.52. The van der Waals surface area contributed by atoms with Crippen molar-refractivity contribution >= 4 is 31.9 Å². The van der Waals surface area contributed by atoms with E-state index in [1.165, 1.54) is 11.0 Å². The smallest absolute Gasteiger partial charge is 0.253 e. The summed E-state index contributed by atoms with van der Waals surface area (Å²) in [7, 11) is -2.21. The summed E-state index contributed by atoms with van der Waals surface area (Å²) in [6.45, 7) is 4.09. The second kappa shape index (κ2) is 5.38. The number of carbonyl (C=O) groups excluding carboxylic acids is 1.